The van der Waals surface area contributed by atoms with Gasteiger partial charge in [-0.05, 0) is 62.6 Å². The summed E-state index contributed by atoms with van der Waals surface area (Å²) in [6, 6.07) is 8.70. The van der Waals surface area contributed by atoms with Crippen LogP contribution in [0, 0.1) is 0 Å². The molecule has 1 aliphatic carbocycles. The van der Waals surface area contributed by atoms with Gasteiger partial charge in [-0.2, -0.15) is 9.78 Å². The Morgan fingerprint density at radius 3 is 2.58 bits per heavy atom. The molecule has 1 aromatic heterocycles. The Morgan fingerprint density at radius 1 is 1.22 bits per heavy atom. The van der Waals surface area contributed by atoms with Gasteiger partial charge in [0.25, 0.3) is 5.56 Å². The topological polar surface area (TPSA) is 82.8 Å². The van der Waals surface area contributed by atoms with Crippen molar-refractivity contribution in [1.29, 1.82) is 0 Å². The third-order valence-electron chi connectivity index (χ3n) is 6.06. The van der Waals surface area contributed by atoms with E-state index >= 15 is 0 Å². The minimum Gasteiger partial charge on any atom is -0.476 e. The first-order valence-electron chi connectivity index (χ1n) is 11.9. The van der Waals surface area contributed by atoms with Crippen LogP contribution in [0.2, 0.25) is 10.0 Å². The van der Waals surface area contributed by atoms with Crippen molar-refractivity contribution in [3.8, 4) is 5.75 Å². The minimum atomic E-state index is -0.876. The van der Waals surface area contributed by atoms with Crippen molar-refractivity contribution in [2.45, 2.75) is 58.0 Å². The Bertz CT molecular complexity index is 1350. The van der Waals surface area contributed by atoms with Crippen molar-refractivity contribution in [2.24, 2.45) is 5.10 Å². The van der Waals surface area contributed by atoms with Crippen LogP contribution in [0.25, 0.3) is 10.9 Å². The van der Waals surface area contributed by atoms with Crippen molar-refractivity contribution in [1.82, 2.24) is 9.66 Å². The molecule has 190 valence electrons. The Hall–Kier alpha value is -2.42. The van der Waals surface area contributed by atoms with Crippen LogP contribution in [0.3, 0.4) is 0 Å². The van der Waals surface area contributed by atoms with Gasteiger partial charge in [0, 0.05) is 10.4 Å². The van der Waals surface area contributed by atoms with Crippen molar-refractivity contribution in [3.63, 3.8) is 0 Å². The second kappa shape index (κ2) is 11.8. The van der Waals surface area contributed by atoms with Crippen LogP contribution >= 0.6 is 39.1 Å². The van der Waals surface area contributed by atoms with Gasteiger partial charge in [-0.3, -0.25) is 4.79 Å². The van der Waals surface area contributed by atoms with Crippen LogP contribution in [0.15, 0.2) is 44.7 Å². The van der Waals surface area contributed by atoms with E-state index in [1.165, 1.54) is 17.3 Å². The van der Waals surface area contributed by atoms with Crippen molar-refractivity contribution in [3.05, 3.63) is 66.6 Å². The fourth-order valence-electron chi connectivity index (χ4n) is 4.28. The predicted molar refractivity (Wildman–Crippen MR) is 146 cm³/mol. The number of carbonyl (C=O) groups excluding carboxylic acids is 1. The van der Waals surface area contributed by atoms with Crippen LogP contribution in [0.1, 0.15) is 63.3 Å². The van der Waals surface area contributed by atoms with Crippen LogP contribution in [-0.4, -0.2) is 34.6 Å². The number of rotatable bonds is 7. The fraction of sp³-hybridized carbons (Fsp3) is 0.385. The van der Waals surface area contributed by atoms with Gasteiger partial charge in [-0.15, -0.1) is 0 Å². The molecule has 4 rings (SSSR count). The third-order valence-corrected chi connectivity index (χ3v) is 7.11. The molecule has 0 amide bonds. The molecular weight excluding hydrogens is 569 g/mol. The highest BCUT2D eigenvalue weighted by atomic mass is 79.9. The number of fused-ring (bicyclic) bond motifs is 1. The number of carbonyl (C=O) groups is 1. The van der Waals surface area contributed by atoms with E-state index in [0.717, 1.165) is 30.2 Å². The number of benzene rings is 2. The molecule has 1 aliphatic rings. The Labute approximate surface area is 227 Å². The molecule has 1 atom stereocenters. The average Bonchev–Trinajstić information content (AvgIpc) is 2.86. The second-order valence-electron chi connectivity index (χ2n) is 8.65. The van der Waals surface area contributed by atoms with Crippen LogP contribution in [0.5, 0.6) is 5.75 Å². The molecular formula is C26H26BrCl2N3O4. The van der Waals surface area contributed by atoms with Crippen LogP contribution < -0.4 is 10.3 Å². The summed E-state index contributed by atoms with van der Waals surface area (Å²) in [4.78, 5) is 30.2. The summed E-state index contributed by atoms with van der Waals surface area (Å²) in [5.74, 6) is 0.476. The lowest BCUT2D eigenvalue weighted by atomic mass is 9.88. The Balaban J connectivity index is 1.70. The molecule has 0 N–H and O–H groups in total. The zero-order valence-corrected chi connectivity index (χ0v) is 23.1. The molecule has 36 heavy (non-hydrogen) atoms. The van der Waals surface area contributed by atoms with Gasteiger partial charge < -0.3 is 9.47 Å². The van der Waals surface area contributed by atoms with E-state index in [9.17, 15) is 9.59 Å². The van der Waals surface area contributed by atoms with Crippen LogP contribution in [-0.2, 0) is 9.53 Å². The standard InChI is InChI=1S/C26H26BrCl2N3O4/c1-3-35-26(34)15(2)36-23-20(28)11-16(12-21(23)29)14-30-32-24(17-7-5-4-6-8-17)31-22-10-9-18(27)13-19(22)25(32)33/h9-15,17H,3-8H2,1-2H3/t15-/m0/s1. The molecule has 0 radical (unpaired) electrons. The molecule has 10 heteroatoms. The van der Waals surface area contributed by atoms with Gasteiger partial charge in [0.2, 0.25) is 0 Å². The molecule has 0 saturated heterocycles. The van der Waals surface area contributed by atoms with E-state index < -0.39 is 12.1 Å². The predicted octanol–water partition coefficient (Wildman–Crippen LogP) is 6.73. The number of esters is 1. The van der Waals surface area contributed by atoms with E-state index in [0.29, 0.717) is 22.3 Å². The van der Waals surface area contributed by atoms with Crippen molar-refractivity contribution >= 4 is 62.2 Å². The highest BCUT2D eigenvalue weighted by Gasteiger charge is 2.23. The number of halogens is 3. The maximum absolute atomic E-state index is 13.5. The lowest BCUT2D eigenvalue weighted by Gasteiger charge is -2.22. The minimum absolute atomic E-state index is 0.156. The average molecular weight is 595 g/mol. The zero-order valence-electron chi connectivity index (χ0n) is 20.0. The highest BCUT2D eigenvalue weighted by Crippen LogP contribution is 2.35. The molecule has 0 unspecified atom stereocenters. The maximum Gasteiger partial charge on any atom is 0.347 e. The summed E-state index contributed by atoms with van der Waals surface area (Å²) in [5.41, 5.74) is 0.981. The van der Waals surface area contributed by atoms with E-state index in [1.807, 2.05) is 12.1 Å². The van der Waals surface area contributed by atoms with E-state index in [1.54, 1.807) is 32.0 Å². The summed E-state index contributed by atoms with van der Waals surface area (Å²) in [7, 11) is 0. The third kappa shape index (κ3) is 5.93. The van der Waals surface area contributed by atoms with Gasteiger partial charge in [-0.25, -0.2) is 9.78 Å². The zero-order chi connectivity index (χ0) is 25.8. The first-order valence-corrected chi connectivity index (χ1v) is 13.4. The summed E-state index contributed by atoms with van der Waals surface area (Å²) in [6.07, 6.45) is 5.96. The fourth-order valence-corrected chi connectivity index (χ4v) is 5.23. The first kappa shape index (κ1) is 26.6. The normalized spacial score (nSPS) is 15.4. The number of aromatic nitrogens is 2. The summed E-state index contributed by atoms with van der Waals surface area (Å²) >= 11 is 16.3. The molecule has 1 fully saturated rings. The van der Waals surface area contributed by atoms with E-state index in [-0.39, 0.29) is 33.9 Å². The summed E-state index contributed by atoms with van der Waals surface area (Å²) in [6.45, 7) is 3.52. The molecule has 0 aliphatic heterocycles. The molecule has 7 nitrogen and oxygen atoms in total. The van der Waals surface area contributed by atoms with Gasteiger partial charge >= 0.3 is 5.97 Å². The largest absolute Gasteiger partial charge is 0.476 e. The van der Waals surface area contributed by atoms with Crippen molar-refractivity contribution in [2.75, 3.05) is 6.61 Å². The van der Waals surface area contributed by atoms with E-state index in [2.05, 4.69) is 21.0 Å². The van der Waals surface area contributed by atoms with Gasteiger partial charge in [0.1, 0.15) is 5.82 Å². The molecule has 1 saturated carbocycles. The Kier molecular flexibility index (Phi) is 8.70. The van der Waals surface area contributed by atoms with Gasteiger partial charge in [0.05, 0.1) is 33.8 Å². The number of hydrogen-bond donors (Lipinski definition) is 0. The molecule has 2 aromatic carbocycles. The molecule has 0 bridgehead atoms. The quantitative estimate of drug-likeness (QED) is 0.224. The molecule has 0 spiro atoms. The van der Waals surface area contributed by atoms with Crippen LogP contribution in [0.4, 0.5) is 0 Å². The summed E-state index contributed by atoms with van der Waals surface area (Å²) < 4.78 is 12.8. The second-order valence-corrected chi connectivity index (χ2v) is 10.4. The SMILES string of the molecule is CCOC(=O)[C@H](C)Oc1c(Cl)cc(C=Nn2c(C3CCCCC3)nc3ccc(Br)cc3c2=O)cc1Cl. The smallest absolute Gasteiger partial charge is 0.347 e. The molecule has 1 heterocycles. The van der Waals surface area contributed by atoms with E-state index in [4.69, 9.17) is 37.7 Å². The molecule has 3 aromatic rings. The number of nitrogens with zero attached hydrogens (tertiary/aromatic N) is 3. The summed E-state index contributed by atoms with van der Waals surface area (Å²) in [5, 5.41) is 5.42. The first-order chi connectivity index (χ1) is 17.3. The highest BCUT2D eigenvalue weighted by molar-refractivity contribution is 9.10. The monoisotopic (exact) mass is 593 g/mol. The van der Waals surface area contributed by atoms with Gasteiger partial charge in [-0.1, -0.05) is 58.4 Å². The van der Waals surface area contributed by atoms with Crippen molar-refractivity contribution < 1.29 is 14.3 Å². The maximum atomic E-state index is 13.5. The Morgan fingerprint density at radius 2 is 1.92 bits per heavy atom. The lowest BCUT2D eigenvalue weighted by Crippen LogP contribution is -2.26. The lowest BCUT2D eigenvalue weighted by molar-refractivity contribution is -0.150. The van der Waals surface area contributed by atoms with Gasteiger partial charge in [0.15, 0.2) is 11.9 Å². The number of ether oxygens (including phenoxy) is 2. The number of hydrogen-bond acceptors (Lipinski definition) is 6.